The molecule has 0 aliphatic rings. The highest BCUT2D eigenvalue weighted by Crippen LogP contribution is 2.37. The number of nitrogens with one attached hydrogen (secondary N) is 1. The third-order valence-corrected chi connectivity index (χ3v) is 7.69. The number of hydrazone groups is 1. The molecule has 198 valence electrons. The Labute approximate surface area is 223 Å². The number of sulfonamides is 1. The second-order valence-corrected chi connectivity index (χ2v) is 10.1. The third-order valence-electron chi connectivity index (χ3n) is 5.14. The summed E-state index contributed by atoms with van der Waals surface area (Å²) in [6.07, 6.45) is 1.30. The van der Waals surface area contributed by atoms with E-state index in [4.69, 9.17) is 23.4 Å². The average molecular weight is 596 g/mol. The fourth-order valence-electron chi connectivity index (χ4n) is 3.27. The van der Waals surface area contributed by atoms with Gasteiger partial charge in [0.1, 0.15) is 29.6 Å². The number of rotatable bonds is 11. The molecule has 0 spiro atoms. The van der Waals surface area contributed by atoms with Crippen molar-refractivity contribution in [2.45, 2.75) is 11.8 Å². The van der Waals surface area contributed by atoms with Crippen LogP contribution in [0.15, 0.2) is 61.4 Å². The molecule has 3 aromatic rings. The van der Waals surface area contributed by atoms with Crippen LogP contribution in [0, 0.1) is 6.92 Å². The second kappa shape index (κ2) is 12.0. The molecule has 0 aliphatic carbocycles. The number of carbonyl (C=O) groups is 1. The summed E-state index contributed by atoms with van der Waals surface area (Å²) in [5.74, 6) is 1.44. The van der Waals surface area contributed by atoms with Crippen LogP contribution in [0.2, 0.25) is 0 Å². The van der Waals surface area contributed by atoms with E-state index in [-0.39, 0.29) is 22.1 Å². The number of furan rings is 1. The van der Waals surface area contributed by atoms with Crippen molar-refractivity contribution >= 4 is 43.8 Å². The predicted octanol–water partition coefficient (Wildman–Crippen LogP) is 3.73. The molecular weight excluding hydrogens is 570 g/mol. The van der Waals surface area contributed by atoms with Gasteiger partial charge in [-0.15, -0.1) is 0 Å². The number of hydrogen-bond acceptors (Lipinski definition) is 9. The van der Waals surface area contributed by atoms with E-state index >= 15 is 0 Å². The minimum atomic E-state index is -4.32. The lowest BCUT2D eigenvalue weighted by Gasteiger charge is -2.26. The molecule has 0 saturated heterocycles. The van der Waals surface area contributed by atoms with Crippen molar-refractivity contribution in [2.24, 2.45) is 5.10 Å². The Bertz CT molecular complexity index is 1390. The number of aryl methyl sites for hydroxylation is 1. The highest BCUT2D eigenvalue weighted by atomic mass is 79.9. The fourth-order valence-corrected chi connectivity index (χ4v) is 5.02. The minimum Gasteiger partial charge on any atom is -0.497 e. The summed E-state index contributed by atoms with van der Waals surface area (Å²) in [6.45, 7) is 1.14. The fraction of sp³-hybridized carbons (Fsp3) is 0.250. The average Bonchev–Trinajstić information content (AvgIpc) is 3.22. The van der Waals surface area contributed by atoms with Gasteiger partial charge in [-0.3, -0.25) is 9.10 Å². The molecule has 1 heterocycles. The molecular formula is C24H26BrN3O8S. The lowest BCUT2D eigenvalue weighted by atomic mass is 10.2. The van der Waals surface area contributed by atoms with Gasteiger partial charge in [0, 0.05) is 18.2 Å². The summed E-state index contributed by atoms with van der Waals surface area (Å²) in [4.78, 5) is 12.7. The van der Waals surface area contributed by atoms with Crippen LogP contribution >= 0.6 is 15.9 Å². The van der Waals surface area contributed by atoms with E-state index in [2.05, 4.69) is 26.5 Å². The lowest BCUT2D eigenvalue weighted by molar-refractivity contribution is -0.119. The first-order valence-electron chi connectivity index (χ1n) is 10.7. The zero-order chi connectivity index (χ0) is 27.2. The van der Waals surface area contributed by atoms with Gasteiger partial charge < -0.3 is 23.4 Å². The first kappa shape index (κ1) is 27.9. The number of hydrogen-bond donors (Lipinski definition) is 1. The van der Waals surface area contributed by atoms with Gasteiger partial charge in [0.05, 0.1) is 49.7 Å². The normalized spacial score (nSPS) is 11.3. The molecule has 0 radical (unpaired) electrons. The SMILES string of the molecule is COc1ccc(OC)c(N(CC(=O)N/N=C\c2cc(Br)c(C)o2)S(=O)(=O)c2ccc(OC)c(OC)c2)c1. The Morgan fingerprint density at radius 1 is 1.00 bits per heavy atom. The molecule has 11 nitrogen and oxygen atoms in total. The number of ether oxygens (including phenoxy) is 4. The van der Waals surface area contributed by atoms with Crippen molar-refractivity contribution in [3.8, 4) is 23.0 Å². The van der Waals surface area contributed by atoms with Crippen LogP contribution in [-0.4, -0.2) is 55.5 Å². The molecule has 1 N–H and O–H groups in total. The van der Waals surface area contributed by atoms with Gasteiger partial charge in [-0.2, -0.15) is 5.10 Å². The Balaban J connectivity index is 2.01. The van der Waals surface area contributed by atoms with Crippen LogP contribution < -0.4 is 28.7 Å². The van der Waals surface area contributed by atoms with Crippen molar-refractivity contribution in [3.05, 3.63) is 58.5 Å². The van der Waals surface area contributed by atoms with Crippen LogP contribution in [0.5, 0.6) is 23.0 Å². The summed E-state index contributed by atoms with van der Waals surface area (Å²) in [7, 11) is 1.34. The Kier molecular flexibility index (Phi) is 9.05. The number of anilines is 1. The summed E-state index contributed by atoms with van der Waals surface area (Å²) in [6, 6.07) is 10.4. The van der Waals surface area contributed by atoms with Gasteiger partial charge in [-0.05, 0) is 47.1 Å². The quantitative estimate of drug-likeness (QED) is 0.262. The molecule has 1 amide bonds. The van der Waals surface area contributed by atoms with Gasteiger partial charge in [0.2, 0.25) is 0 Å². The van der Waals surface area contributed by atoms with E-state index in [0.717, 1.165) is 8.78 Å². The summed E-state index contributed by atoms with van der Waals surface area (Å²) < 4.78 is 55.9. The summed E-state index contributed by atoms with van der Waals surface area (Å²) >= 11 is 3.33. The largest absolute Gasteiger partial charge is 0.497 e. The van der Waals surface area contributed by atoms with E-state index in [1.807, 2.05) is 0 Å². The Morgan fingerprint density at radius 2 is 1.68 bits per heavy atom. The van der Waals surface area contributed by atoms with Crippen molar-refractivity contribution in [1.82, 2.24) is 5.43 Å². The Morgan fingerprint density at radius 3 is 2.27 bits per heavy atom. The van der Waals surface area contributed by atoms with E-state index in [9.17, 15) is 13.2 Å². The van der Waals surface area contributed by atoms with Crippen LogP contribution in [0.3, 0.4) is 0 Å². The van der Waals surface area contributed by atoms with E-state index in [0.29, 0.717) is 23.0 Å². The molecule has 2 aromatic carbocycles. The van der Waals surface area contributed by atoms with Crippen LogP contribution in [0.25, 0.3) is 0 Å². The van der Waals surface area contributed by atoms with Gasteiger partial charge in [-0.25, -0.2) is 13.8 Å². The molecule has 0 bridgehead atoms. The van der Waals surface area contributed by atoms with E-state index < -0.39 is 22.5 Å². The maximum absolute atomic E-state index is 13.8. The first-order valence-corrected chi connectivity index (χ1v) is 12.9. The zero-order valence-electron chi connectivity index (χ0n) is 20.8. The smallest absolute Gasteiger partial charge is 0.265 e. The molecule has 3 rings (SSSR count). The van der Waals surface area contributed by atoms with E-state index in [1.165, 1.54) is 58.9 Å². The predicted molar refractivity (Wildman–Crippen MR) is 141 cm³/mol. The lowest BCUT2D eigenvalue weighted by Crippen LogP contribution is -2.39. The topological polar surface area (TPSA) is 129 Å². The van der Waals surface area contributed by atoms with Crippen molar-refractivity contribution in [1.29, 1.82) is 0 Å². The molecule has 0 aliphatic heterocycles. The first-order chi connectivity index (χ1) is 17.6. The number of amides is 1. The zero-order valence-corrected chi connectivity index (χ0v) is 23.2. The summed E-state index contributed by atoms with van der Waals surface area (Å²) in [5, 5.41) is 3.87. The highest BCUT2D eigenvalue weighted by Gasteiger charge is 2.31. The molecule has 1 aromatic heterocycles. The maximum atomic E-state index is 13.8. The van der Waals surface area contributed by atoms with E-state index in [1.54, 1.807) is 25.1 Å². The maximum Gasteiger partial charge on any atom is 0.265 e. The molecule has 0 atom stereocenters. The summed E-state index contributed by atoms with van der Waals surface area (Å²) in [5.41, 5.74) is 2.41. The van der Waals surface area contributed by atoms with Crippen LogP contribution in [0.1, 0.15) is 11.5 Å². The Hall–Kier alpha value is -3.71. The van der Waals surface area contributed by atoms with Crippen molar-refractivity contribution < 1.29 is 36.6 Å². The molecule has 13 heteroatoms. The second-order valence-electron chi connectivity index (χ2n) is 7.41. The monoisotopic (exact) mass is 595 g/mol. The number of carbonyl (C=O) groups excluding carboxylic acids is 1. The van der Waals surface area contributed by atoms with Gasteiger partial charge >= 0.3 is 0 Å². The highest BCUT2D eigenvalue weighted by molar-refractivity contribution is 9.10. The molecule has 0 saturated carbocycles. The van der Waals surface area contributed by atoms with Crippen molar-refractivity contribution in [2.75, 3.05) is 39.3 Å². The number of benzene rings is 2. The number of methoxy groups -OCH3 is 4. The standard InChI is InChI=1S/C24H26BrN3O8S/c1-15-19(25)10-17(36-15)13-26-27-24(29)14-28(20-11-16(32-2)6-8-21(20)33-3)37(30,31)18-7-9-22(34-4)23(12-18)35-5/h6-13H,14H2,1-5H3,(H,27,29)/b26-13-. The molecule has 37 heavy (non-hydrogen) atoms. The number of halogens is 1. The van der Waals surface area contributed by atoms with Gasteiger partial charge in [0.15, 0.2) is 11.5 Å². The third kappa shape index (κ3) is 6.35. The van der Waals surface area contributed by atoms with Gasteiger partial charge in [0.25, 0.3) is 15.9 Å². The molecule has 0 unspecified atom stereocenters. The molecule has 0 fully saturated rings. The van der Waals surface area contributed by atoms with Crippen LogP contribution in [-0.2, 0) is 14.8 Å². The van der Waals surface area contributed by atoms with Crippen LogP contribution in [0.4, 0.5) is 5.69 Å². The minimum absolute atomic E-state index is 0.0846. The number of nitrogens with zero attached hydrogens (tertiary/aromatic N) is 2. The van der Waals surface area contributed by atoms with Gasteiger partial charge in [-0.1, -0.05) is 0 Å². The van der Waals surface area contributed by atoms with Crippen molar-refractivity contribution in [3.63, 3.8) is 0 Å².